The van der Waals surface area contributed by atoms with Crippen LogP contribution >= 0.6 is 69.6 Å². The summed E-state index contributed by atoms with van der Waals surface area (Å²) < 4.78 is 0.216. The molecule has 0 aliphatic carbocycles. The van der Waals surface area contributed by atoms with Gasteiger partial charge in [0.1, 0.15) is 0 Å². The van der Waals surface area contributed by atoms with Crippen molar-refractivity contribution in [3.8, 4) is 0 Å². The van der Waals surface area contributed by atoms with Crippen molar-refractivity contribution in [3.63, 3.8) is 0 Å². The number of carboxylic acids is 2. The predicted octanol–water partition coefficient (Wildman–Crippen LogP) is 5.09. The monoisotopic (exact) mass is 676 g/mol. The van der Waals surface area contributed by atoms with Gasteiger partial charge in [-0.2, -0.15) is 0 Å². The fraction of sp³-hybridized carbons (Fsp3) is 0.0909. The van der Waals surface area contributed by atoms with E-state index in [9.17, 15) is 9.59 Å². The van der Waals surface area contributed by atoms with Crippen LogP contribution in [0.15, 0.2) is 91.0 Å². The van der Waals surface area contributed by atoms with Crippen LogP contribution in [0.25, 0.3) is 0 Å². The number of halogens is 6. The van der Waals surface area contributed by atoms with Crippen LogP contribution in [0.2, 0.25) is 0 Å². The van der Waals surface area contributed by atoms with E-state index in [0.717, 1.165) is 0 Å². The van der Waals surface area contributed by atoms with Gasteiger partial charge in [0.05, 0.1) is 0 Å². The van der Waals surface area contributed by atoms with Gasteiger partial charge in [-0.1, -0.05) is 69.6 Å². The fourth-order valence-electron chi connectivity index (χ4n) is 2.18. The zero-order chi connectivity index (χ0) is 25.1. The van der Waals surface area contributed by atoms with Crippen molar-refractivity contribution in [1.29, 1.82) is 0 Å². The minimum atomic E-state index is -2.17. The number of hydrogen-bond acceptors (Lipinski definition) is 2. The number of rotatable bonds is 3. The van der Waals surface area contributed by atoms with Crippen molar-refractivity contribution in [1.82, 2.24) is 0 Å². The van der Waals surface area contributed by atoms with Gasteiger partial charge in [0.2, 0.25) is 0 Å². The van der Waals surface area contributed by atoms with Gasteiger partial charge in [0.15, 0.2) is 0 Å². The van der Waals surface area contributed by atoms with Gasteiger partial charge >= 0.3 is 134 Å². The summed E-state index contributed by atoms with van der Waals surface area (Å²) in [6, 6.07) is 32.9. The maximum atomic E-state index is 9.62. The van der Waals surface area contributed by atoms with E-state index in [1.165, 1.54) is 10.5 Å². The second-order valence-corrected chi connectivity index (χ2v) is 16.8. The van der Waals surface area contributed by atoms with Crippen LogP contribution < -0.4 is 10.5 Å². The Kier molecular flexibility index (Phi) is 13.3. The molecule has 3 aromatic carbocycles. The summed E-state index contributed by atoms with van der Waals surface area (Å²) in [6.45, 7) is 0. The molecule has 0 atom stereocenters. The van der Waals surface area contributed by atoms with E-state index in [1.54, 1.807) is 0 Å². The second-order valence-electron chi connectivity index (χ2n) is 5.95. The summed E-state index contributed by atoms with van der Waals surface area (Å²) >= 11 is 27.0. The van der Waals surface area contributed by atoms with Gasteiger partial charge in [-0.3, -0.25) is 0 Å². The molecule has 3 rings (SSSR count). The van der Waals surface area contributed by atoms with Crippen LogP contribution in [0.4, 0.5) is 0 Å². The summed E-state index contributed by atoms with van der Waals surface area (Å²) in [5.41, 5.74) is 0. The molecule has 0 aromatic heterocycles. The molecule has 0 saturated carbocycles. The van der Waals surface area contributed by atoms with Crippen molar-refractivity contribution >= 4 is 112 Å². The van der Waals surface area contributed by atoms with Crippen LogP contribution in [0.1, 0.15) is 0 Å². The van der Waals surface area contributed by atoms with E-state index in [2.05, 4.69) is 91.0 Å². The third-order valence-electron chi connectivity index (χ3n) is 3.53. The topological polar surface area (TPSA) is 74.6 Å². The molecule has 0 spiro atoms. The van der Waals surface area contributed by atoms with E-state index in [-0.39, 0.29) is 0 Å². The Bertz CT molecular complexity index is 876. The first-order chi connectivity index (χ1) is 15.3. The summed E-state index contributed by atoms with van der Waals surface area (Å²) in [4.78, 5) is 19.2. The molecule has 33 heavy (non-hydrogen) atoms. The van der Waals surface area contributed by atoms with Crippen LogP contribution in [-0.4, -0.2) is 49.9 Å². The maximum absolute atomic E-state index is 9.62. The Morgan fingerprint density at radius 3 is 0.848 bits per heavy atom. The van der Waals surface area contributed by atoms with Crippen molar-refractivity contribution in [2.24, 2.45) is 0 Å². The third-order valence-corrected chi connectivity index (χ3v) is 11.5. The Hall–Kier alpha value is -0.842. The molecule has 0 aliphatic rings. The zero-order valence-electron chi connectivity index (χ0n) is 16.6. The molecule has 11 heteroatoms. The molecule has 0 unspecified atom stereocenters. The molecule has 0 fully saturated rings. The van der Waals surface area contributed by atoms with Crippen LogP contribution in [0.3, 0.4) is 0 Å². The van der Waals surface area contributed by atoms with Gasteiger partial charge in [0.25, 0.3) is 7.59 Å². The molecule has 2 N–H and O–H groups in total. The van der Waals surface area contributed by atoms with Gasteiger partial charge in [-0.25, -0.2) is 9.59 Å². The van der Waals surface area contributed by atoms with Gasteiger partial charge in [-0.05, 0) is 0 Å². The molecule has 176 valence electrons. The number of hydrogen-bond donors (Lipinski definition) is 2. The average Bonchev–Trinajstić information content (AvgIpc) is 2.76. The van der Waals surface area contributed by atoms with Crippen LogP contribution in [0.5, 0.6) is 0 Å². The average molecular weight is 680 g/mol. The van der Waals surface area contributed by atoms with E-state index in [0.29, 0.717) is 0 Å². The summed E-state index contributed by atoms with van der Waals surface area (Å²) in [6.07, 6.45) is 0. The number of benzene rings is 3. The summed E-state index contributed by atoms with van der Waals surface area (Å²) in [5.74, 6) is -2.92. The fourth-order valence-corrected chi connectivity index (χ4v) is 8.76. The molecule has 0 bridgehead atoms. The van der Waals surface area contributed by atoms with E-state index in [1.807, 2.05) is 0 Å². The molecule has 0 aliphatic heterocycles. The Labute approximate surface area is 228 Å². The molecule has 4 nitrogen and oxygen atoms in total. The van der Waals surface area contributed by atoms with Crippen molar-refractivity contribution < 1.29 is 19.8 Å². The Morgan fingerprint density at radius 1 is 0.515 bits per heavy atom. The van der Waals surface area contributed by atoms with Crippen molar-refractivity contribution in [2.75, 3.05) is 0 Å². The molecular weight excluding hydrogens is 663 g/mol. The van der Waals surface area contributed by atoms with E-state index in [4.69, 9.17) is 79.8 Å². The Balaban J connectivity index is 0.000000324. The molecule has 0 saturated heterocycles. The van der Waals surface area contributed by atoms with Crippen molar-refractivity contribution in [2.45, 2.75) is 7.59 Å². The number of carbonyl (C=O) groups is 2. The first kappa shape index (κ1) is 30.2. The van der Waals surface area contributed by atoms with Crippen LogP contribution in [-0.2, 0) is 9.59 Å². The van der Waals surface area contributed by atoms with Crippen molar-refractivity contribution in [3.05, 3.63) is 91.0 Å². The summed E-state index contributed by atoms with van der Waals surface area (Å²) in [5, 5.41) is 15.7. The van der Waals surface area contributed by atoms with Gasteiger partial charge < -0.3 is 10.2 Å². The number of alkyl halides is 6. The standard InChI is InChI=1S/3C6H5.2C2HCl3O2.Sb/c3*1-2-4-6-5-3-1;2*3-2(4,5)1(6)7;/h3*1-5H;2*(H,6,7);. The first-order valence-electron chi connectivity index (χ1n) is 8.89. The first-order valence-corrected chi connectivity index (χ1v) is 15.0. The Morgan fingerprint density at radius 2 is 0.697 bits per heavy atom. The third kappa shape index (κ3) is 11.9. The molecule has 0 amide bonds. The number of carboxylic acid groups (broad SMARTS) is 2. The number of aliphatic carboxylic acids is 2. The molecular formula is C22H17Cl6O4Sb. The molecule has 0 radical (unpaired) electrons. The molecule has 0 heterocycles. The molecule has 3 aromatic rings. The van der Waals surface area contributed by atoms with E-state index < -0.39 is 39.7 Å². The van der Waals surface area contributed by atoms with Gasteiger partial charge in [-0.15, -0.1) is 0 Å². The van der Waals surface area contributed by atoms with E-state index >= 15 is 0 Å². The van der Waals surface area contributed by atoms with Gasteiger partial charge in [0, 0.05) is 0 Å². The predicted molar refractivity (Wildman–Crippen MR) is 140 cm³/mol. The minimum absolute atomic E-state index is 1.46. The summed E-state index contributed by atoms with van der Waals surface area (Å²) in [7, 11) is 0. The van der Waals surface area contributed by atoms with Crippen LogP contribution in [0, 0.1) is 0 Å². The normalized spacial score (nSPS) is 10.9. The SMILES string of the molecule is O=C(O)C(Cl)(Cl)Cl.O=C(O)C(Cl)(Cl)Cl.c1cc[c]([Sb]([c]2ccccc2)[c]2ccccc2)cc1. The second kappa shape index (κ2) is 14.5. The zero-order valence-corrected chi connectivity index (χ0v) is 23.7. The quantitative estimate of drug-likeness (QED) is 0.299.